The molecular weight excluding hydrogens is 392 g/mol. The van der Waals surface area contributed by atoms with E-state index in [0.717, 1.165) is 6.42 Å². The molecule has 0 fully saturated rings. The third kappa shape index (κ3) is 4.61. The fraction of sp³-hybridized carbons (Fsp3) is 0.300. The maximum Gasteiger partial charge on any atom is 0.262 e. The van der Waals surface area contributed by atoms with E-state index >= 15 is 0 Å². The highest BCUT2D eigenvalue weighted by Crippen LogP contribution is 2.23. The molecule has 0 radical (unpaired) electrons. The van der Waals surface area contributed by atoms with Gasteiger partial charge in [0.1, 0.15) is 11.1 Å². The summed E-state index contributed by atoms with van der Waals surface area (Å²) < 4.78 is 1.66. The number of nitriles is 1. The largest absolute Gasteiger partial charge is 0.316 e. The number of benzene rings is 1. The van der Waals surface area contributed by atoms with Gasteiger partial charge in [0.15, 0.2) is 5.16 Å². The van der Waals surface area contributed by atoms with Crippen LogP contribution in [-0.2, 0) is 11.3 Å². The SMILES string of the molecule is CC(C)CCn1c(SCC(=O)Nc2sccc2C#N)nc2ccccc2c1=O. The Morgan fingerprint density at radius 2 is 2.14 bits per heavy atom. The van der Waals surface area contributed by atoms with Crippen LogP contribution in [-0.4, -0.2) is 21.2 Å². The van der Waals surface area contributed by atoms with E-state index < -0.39 is 0 Å². The topological polar surface area (TPSA) is 87.8 Å². The second-order valence-electron chi connectivity index (χ2n) is 6.66. The van der Waals surface area contributed by atoms with Crippen molar-refractivity contribution in [3.63, 3.8) is 0 Å². The number of carbonyl (C=O) groups is 1. The fourth-order valence-electron chi connectivity index (χ4n) is 2.63. The number of carbonyl (C=O) groups excluding carboxylic acids is 1. The van der Waals surface area contributed by atoms with E-state index in [1.807, 2.05) is 18.2 Å². The van der Waals surface area contributed by atoms with Crippen LogP contribution < -0.4 is 10.9 Å². The summed E-state index contributed by atoms with van der Waals surface area (Å²) in [7, 11) is 0. The molecule has 2 heterocycles. The van der Waals surface area contributed by atoms with Crippen LogP contribution in [0.3, 0.4) is 0 Å². The first-order valence-electron chi connectivity index (χ1n) is 8.89. The Balaban J connectivity index is 1.82. The number of hydrogen-bond acceptors (Lipinski definition) is 6. The van der Waals surface area contributed by atoms with Crippen molar-refractivity contribution in [2.24, 2.45) is 5.92 Å². The summed E-state index contributed by atoms with van der Waals surface area (Å²) in [4.78, 5) is 29.9. The summed E-state index contributed by atoms with van der Waals surface area (Å²) in [6.45, 7) is 4.77. The average Bonchev–Trinajstić information content (AvgIpc) is 3.12. The van der Waals surface area contributed by atoms with Gasteiger partial charge in [-0.15, -0.1) is 11.3 Å². The lowest BCUT2D eigenvalue weighted by Gasteiger charge is -2.14. The van der Waals surface area contributed by atoms with Crippen LogP contribution in [0, 0.1) is 17.2 Å². The maximum atomic E-state index is 12.9. The fourth-order valence-corrected chi connectivity index (χ4v) is 4.21. The first-order chi connectivity index (χ1) is 13.5. The van der Waals surface area contributed by atoms with Gasteiger partial charge in [0, 0.05) is 6.54 Å². The van der Waals surface area contributed by atoms with Crippen molar-refractivity contribution in [1.82, 2.24) is 9.55 Å². The molecule has 144 valence electrons. The summed E-state index contributed by atoms with van der Waals surface area (Å²) in [6, 6.07) is 11.0. The van der Waals surface area contributed by atoms with Crippen LogP contribution in [0.1, 0.15) is 25.8 Å². The third-order valence-electron chi connectivity index (χ3n) is 4.13. The van der Waals surface area contributed by atoms with E-state index in [-0.39, 0.29) is 17.2 Å². The molecule has 1 aromatic carbocycles. The quantitative estimate of drug-likeness (QED) is 0.466. The van der Waals surface area contributed by atoms with Crippen LogP contribution in [0.2, 0.25) is 0 Å². The Labute approximate surface area is 171 Å². The normalized spacial score (nSPS) is 10.9. The lowest BCUT2D eigenvalue weighted by Crippen LogP contribution is -2.25. The van der Waals surface area contributed by atoms with Crippen LogP contribution >= 0.6 is 23.1 Å². The number of thiophene rings is 1. The predicted octanol–water partition coefficient (Wildman–Crippen LogP) is 4.11. The molecule has 3 aromatic rings. The molecule has 0 aliphatic carbocycles. The molecule has 0 saturated heterocycles. The van der Waals surface area contributed by atoms with E-state index in [2.05, 4.69) is 24.1 Å². The van der Waals surface area contributed by atoms with E-state index in [1.165, 1.54) is 23.1 Å². The highest BCUT2D eigenvalue weighted by molar-refractivity contribution is 7.99. The number of hydrogen-bond donors (Lipinski definition) is 1. The second kappa shape index (κ2) is 9.04. The third-order valence-corrected chi connectivity index (χ3v) is 5.93. The van der Waals surface area contributed by atoms with Crippen molar-refractivity contribution < 1.29 is 4.79 Å². The lowest BCUT2D eigenvalue weighted by atomic mass is 10.1. The van der Waals surface area contributed by atoms with Crippen molar-refractivity contribution in [2.75, 3.05) is 11.1 Å². The molecular formula is C20H20N4O2S2. The molecule has 0 aliphatic rings. The molecule has 1 N–H and O–H groups in total. The number of rotatable bonds is 7. The molecule has 0 atom stereocenters. The number of para-hydroxylation sites is 1. The molecule has 2 aromatic heterocycles. The Bertz CT molecular complexity index is 1100. The van der Waals surface area contributed by atoms with Gasteiger partial charge in [-0.3, -0.25) is 14.2 Å². The molecule has 0 spiro atoms. The number of thioether (sulfide) groups is 1. The molecule has 3 rings (SSSR count). The lowest BCUT2D eigenvalue weighted by molar-refractivity contribution is -0.113. The number of aromatic nitrogens is 2. The average molecular weight is 413 g/mol. The summed E-state index contributed by atoms with van der Waals surface area (Å²) in [5, 5.41) is 15.2. The summed E-state index contributed by atoms with van der Waals surface area (Å²) in [6.07, 6.45) is 0.848. The highest BCUT2D eigenvalue weighted by Gasteiger charge is 2.14. The Morgan fingerprint density at radius 1 is 1.36 bits per heavy atom. The first kappa shape index (κ1) is 20.1. The zero-order valence-corrected chi connectivity index (χ0v) is 17.3. The van der Waals surface area contributed by atoms with Crippen LogP contribution in [0.25, 0.3) is 10.9 Å². The Hall–Kier alpha value is -2.63. The van der Waals surface area contributed by atoms with Gasteiger partial charge >= 0.3 is 0 Å². The number of amides is 1. The standard InChI is InChI=1S/C20H20N4O2S2/c1-13(2)7-9-24-19(26)15-5-3-4-6-16(15)22-20(24)28-12-17(25)23-18-14(11-21)8-10-27-18/h3-6,8,10,13H,7,9,12H2,1-2H3,(H,23,25). The van der Waals surface area contributed by atoms with Crippen molar-refractivity contribution in [1.29, 1.82) is 5.26 Å². The predicted molar refractivity (Wildman–Crippen MR) is 114 cm³/mol. The van der Waals surface area contributed by atoms with E-state index in [9.17, 15) is 9.59 Å². The molecule has 8 heteroatoms. The molecule has 1 amide bonds. The van der Waals surface area contributed by atoms with Gasteiger partial charge in [-0.1, -0.05) is 37.7 Å². The smallest absolute Gasteiger partial charge is 0.262 e. The van der Waals surface area contributed by atoms with Crippen molar-refractivity contribution in [3.05, 3.63) is 51.6 Å². The minimum Gasteiger partial charge on any atom is -0.316 e. The summed E-state index contributed by atoms with van der Waals surface area (Å²) >= 11 is 2.54. The monoisotopic (exact) mass is 412 g/mol. The summed E-state index contributed by atoms with van der Waals surface area (Å²) in [5.41, 5.74) is 0.987. The molecule has 0 saturated carbocycles. The first-order valence-corrected chi connectivity index (χ1v) is 10.8. The Kier molecular flexibility index (Phi) is 6.49. The van der Waals surface area contributed by atoms with Crippen LogP contribution in [0.4, 0.5) is 5.00 Å². The van der Waals surface area contributed by atoms with Gasteiger partial charge in [0.25, 0.3) is 5.56 Å². The van der Waals surface area contributed by atoms with Crippen LogP contribution in [0.15, 0.2) is 45.7 Å². The molecule has 0 aliphatic heterocycles. The van der Waals surface area contributed by atoms with Gasteiger partial charge in [0.05, 0.1) is 22.2 Å². The molecule has 28 heavy (non-hydrogen) atoms. The zero-order valence-electron chi connectivity index (χ0n) is 15.6. The zero-order chi connectivity index (χ0) is 20.1. The van der Waals surface area contributed by atoms with Crippen LogP contribution in [0.5, 0.6) is 0 Å². The van der Waals surface area contributed by atoms with E-state index in [0.29, 0.717) is 39.1 Å². The Morgan fingerprint density at radius 3 is 2.89 bits per heavy atom. The highest BCUT2D eigenvalue weighted by atomic mass is 32.2. The van der Waals surface area contributed by atoms with Crippen molar-refractivity contribution in [2.45, 2.75) is 32.0 Å². The maximum absolute atomic E-state index is 12.9. The number of fused-ring (bicyclic) bond motifs is 1. The number of nitrogens with one attached hydrogen (secondary N) is 1. The molecule has 6 nitrogen and oxygen atoms in total. The van der Waals surface area contributed by atoms with Gasteiger partial charge in [0.2, 0.25) is 5.91 Å². The van der Waals surface area contributed by atoms with Gasteiger partial charge < -0.3 is 5.32 Å². The van der Waals surface area contributed by atoms with E-state index in [1.54, 1.807) is 28.1 Å². The molecule has 0 bridgehead atoms. The summed E-state index contributed by atoms with van der Waals surface area (Å²) in [5.74, 6) is 0.319. The van der Waals surface area contributed by atoms with E-state index in [4.69, 9.17) is 5.26 Å². The van der Waals surface area contributed by atoms with Crippen molar-refractivity contribution in [3.8, 4) is 6.07 Å². The molecule has 0 unspecified atom stereocenters. The number of anilines is 1. The van der Waals surface area contributed by atoms with Gasteiger partial charge in [-0.2, -0.15) is 5.26 Å². The van der Waals surface area contributed by atoms with Gasteiger partial charge in [-0.05, 0) is 35.9 Å². The number of nitrogens with zero attached hydrogens (tertiary/aromatic N) is 3. The second-order valence-corrected chi connectivity index (χ2v) is 8.52. The van der Waals surface area contributed by atoms with Gasteiger partial charge in [-0.25, -0.2) is 4.98 Å². The minimum atomic E-state index is -0.234. The minimum absolute atomic E-state index is 0.0841. The van der Waals surface area contributed by atoms with Crippen molar-refractivity contribution >= 4 is 44.9 Å².